The van der Waals surface area contributed by atoms with Gasteiger partial charge < -0.3 is 9.84 Å². The average molecular weight is 274 g/mol. The fourth-order valence-electron chi connectivity index (χ4n) is 1.02. The molecule has 1 aromatic heterocycles. The summed E-state index contributed by atoms with van der Waals surface area (Å²) >= 11 is 5.61. The lowest BCUT2D eigenvalue weighted by Crippen LogP contribution is -2.40. The van der Waals surface area contributed by atoms with Crippen molar-refractivity contribution in [1.82, 2.24) is 9.97 Å². The highest BCUT2D eigenvalue weighted by Gasteiger charge is 2.29. The van der Waals surface area contributed by atoms with Gasteiger partial charge in [-0.3, -0.25) is 0 Å². The molecule has 8 heteroatoms. The summed E-state index contributed by atoms with van der Waals surface area (Å²) < 4.78 is 4.96. The summed E-state index contributed by atoms with van der Waals surface area (Å²) in [5, 5.41) is 9.03. The number of hydrogen-bond acceptors (Lipinski definition) is 5. The number of halogens is 1. The second-order valence-corrected chi connectivity index (χ2v) is 4.68. The number of amides is 2. The van der Waals surface area contributed by atoms with Crippen molar-refractivity contribution in [1.29, 1.82) is 0 Å². The molecule has 0 aromatic carbocycles. The molecule has 0 aliphatic rings. The minimum absolute atomic E-state index is 0.0230. The Morgan fingerprint density at radius 2 is 2.00 bits per heavy atom. The first-order chi connectivity index (χ1) is 8.20. The first kappa shape index (κ1) is 14.2. The maximum Gasteiger partial charge on any atom is 0.425 e. The number of carboxylic acid groups (broad SMARTS) is 1. The summed E-state index contributed by atoms with van der Waals surface area (Å²) in [7, 11) is 0. The highest BCUT2D eigenvalue weighted by molar-refractivity contribution is 6.29. The van der Waals surface area contributed by atoms with Crippen molar-refractivity contribution in [2.24, 2.45) is 0 Å². The lowest BCUT2D eigenvalue weighted by atomic mass is 10.2. The summed E-state index contributed by atoms with van der Waals surface area (Å²) in [6, 6.07) is 1.15. The zero-order valence-electron chi connectivity index (χ0n) is 10.0. The quantitative estimate of drug-likeness (QED) is 0.791. The van der Waals surface area contributed by atoms with Crippen LogP contribution in [0.25, 0.3) is 0 Å². The molecule has 0 unspecified atom stereocenters. The molecule has 0 aliphatic carbocycles. The molecule has 0 saturated heterocycles. The lowest BCUT2D eigenvalue weighted by Gasteiger charge is -2.23. The van der Waals surface area contributed by atoms with E-state index in [4.69, 9.17) is 21.4 Å². The molecule has 1 N–H and O–H groups in total. The zero-order chi connectivity index (χ0) is 13.9. The molecule has 2 amide bonds. The van der Waals surface area contributed by atoms with E-state index in [1.54, 1.807) is 20.8 Å². The largest absolute Gasteiger partial charge is 0.464 e. The van der Waals surface area contributed by atoms with Crippen LogP contribution < -0.4 is 4.90 Å². The molecule has 7 nitrogen and oxygen atoms in total. The minimum atomic E-state index is -1.51. The van der Waals surface area contributed by atoms with Gasteiger partial charge >= 0.3 is 12.2 Å². The van der Waals surface area contributed by atoms with E-state index in [0.717, 1.165) is 12.4 Å². The Labute approximate surface area is 108 Å². The first-order valence-corrected chi connectivity index (χ1v) is 5.32. The van der Waals surface area contributed by atoms with Crippen LogP contribution in [-0.2, 0) is 4.74 Å². The summed E-state index contributed by atoms with van der Waals surface area (Å²) in [4.78, 5) is 30.4. The standard InChI is InChI=1S/C10H12ClN3O4/c1-10(2,3)18-9(17)14(8(15)16)7-4-6(11)12-5-13-7/h4-5H,1-3H3,(H,15,16). The molecule has 0 bridgehead atoms. The molecule has 1 aromatic rings. The van der Waals surface area contributed by atoms with E-state index in [1.807, 2.05) is 0 Å². The maximum atomic E-state index is 11.7. The van der Waals surface area contributed by atoms with Crippen LogP contribution in [0.2, 0.25) is 5.15 Å². The zero-order valence-corrected chi connectivity index (χ0v) is 10.8. The molecule has 0 saturated carbocycles. The van der Waals surface area contributed by atoms with Crippen LogP contribution in [0.15, 0.2) is 12.4 Å². The van der Waals surface area contributed by atoms with Crippen molar-refractivity contribution in [2.45, 2.75) is 26.4 Å². The third-order valence-electron chi connectivity index (χ3n) is 1.62. The third-order valence-corrected chi connectivity index (χ3v) is 1.82. The fraction of sp³-hybridized carbons (Fsp3) is 0.400. The van der Waals surface area contributed by atoms with Crippen molar-refractivity contribution < 1.29 is 19.4 Å². The average Bonchev–Trinajstić information content (AvgIpc) is 2.13. The molecule has 0 radical (unpaired) electrons. The second kappa shape index (κ2) is 5.18. The van der Waals surface area contributed by atoms with Gasteiger partial charge in [0.2, 0.25) is 0 Å². The number of nitrogens with zero attached hydrogens (tertiary/aromatic N) is 3. The van der Waals surface area contributed by atoms with Crippen LogP contribution in [0.1, 0.15) is 20.8 Å². The lowest BCUT2D eigenvalue weighted by molar-refractivity contribution is 0.0581. The van der Waals surface area contributed by atoms with E-state index >= 15 is 0 Å². The smallest absolute Gasteiger partial charge is 0.425 e. The Morgan fingerprint density at radius 1 is 1.39 bits per heavy atom. The Bertz CT molecular complexity index is 472. The van der Waals surface area contributed by atoms with Crippen LogP contribution in [-0.4, -0.2) is 32.9 Å². The van der Waals surface area contributed by atoms with Gasteiger partial charge in [-0.2, -0.15) is 4.90 Å². The van der Waals surface area contributed by atoms with Crippen molar-refractivity contribution in [2.75, 3.05) is 4.90 Å². The van der Waals surface area contributed by atoms with Gasteiger partial charge in [0.1, 0.15) is 17.1 Å². The SMILES string of the molecule is CC(C)(C)OC(=O)N(C(=O)O)c1cc(Cl)ncn1. The molecule has 1 rings (SSSR count). The van der Waals surface area contributed by atoms with Crippen molar-refractivity contribution in [3.8, 4) is 0 Å². The van der Waals surface area contributed by atoms with Crippen LogP contribution in [0, 0.1) is 0 Å². The van der Waals surface area contributed by atoms with Crippen molar-refractivity contribution >= 4 is 29.6 Å². The summed E-state index contributed by atoms with van der Waals surface area (Å²) in [6.07, 6.45) is -1.51. The molecule has 0 atom stereocenters. The van der Waals surface area contributed by atoms with Crippen LogP contribution in [0.4, 0.5) is 15.4 Å². The predicted molar refractivity (Wildman–Crippen MR) is 63.8 cm³/mol. The van der Waals surface area contributed by atoms with Crippen LogP contribution in [0.3, 0.4) is 0 Å². The number of carbonyl (C=O) groups excluding carboxylic acids is 1. The predicted octanol–water partition coefficient (Wildman–Crippen LogP) is 2.55. The maximum absolute atomic E-state index is 11.7. The number of hydrogen-bond donors (Lipinski definition) is 1. The number of anilines is 1. The van der Waals surface area contributed by atoms with E-state index in [9.17, 15) is 9.59 Å². The van der Waals surface area contributed by atoms with E-state index < -0.39 is 17.8 Å². The minimum Gasteiger partial charge on any atom is -0.464 e. The Balaban J connectivity index is 3.04. The van der Waals surface area contributed by atoms with Gasteiger partial charge in [0.25, 0.3) is 0 Å². The van der Waals surface area contributed by atoms with Gasteiger partial charge in [0, 0.05) is 6.07 Å². The monoisotopic (exact) mass is 273 g/mol. The topological polar surface area (TPSA) is 92.6 Å². The van der Waals surface area contributed by atoms with Crippen LogP contribution in [0.5, 0.6) is 0 Å². The Kier molecular flexibility index (Phi) is 4.07. The Hall–Kier alpha value is -1.89. The fourth-order valence-corrected chi connectivity index (χ4v) is 1.16. The molecule has 0 fully saturated rings. The summed E-state index contributed by atoms with van der Waals surface area (Å²) in [5.74, 6) is -0.170. The van der Waals surface area contributed by atoms with Crippen molar-refractivity contribution in [3.63, 3.8) is 0 Å². The highest BCUT2D eigenvalue weighted by atomic mass is 35.5. The van der Waals surface area contributed by atoms with Gasteiger partial charge in [0.15, 0.2) is 5.82 Å². The number of carbonyl (C=O) groups is 2. The van der Waals surface area contributed by atoms with Gasteiger partial charge in [-0.05, 0) is 20.8 Å². The number of imide groups is 1. The van der Waals surface area contributed by atoms with E-state index in [0.29, 0.717) is 4.90 Å². The van der Waals surface area contributed by atoms with Gasteiger partial charge in [-0.25, -0.2) is 19.6 Å². The summed E-state index contributed by atoms with van der Waals surface area (Å²) in [6.45, 7) is 4.87. The first-order valence-electron chi connectivity index (χ1n) is 4.94. The Morgan fingerprint density at radius 3 is 2.44 bits per heavy atom. The van der Waals surface area contributed by atoms with Crippen LogP contribution >= 0.6 is 11.6 Å². The third kappa shape index (κ3) is 3.85. The molecular weight excluding hydrogens is 262 g/mol. The van der Waals surface area contributed by atoms with E-state index in [1.165, 1.54) is 0 Å². The van der Waals surface area contributed by atoms with Crippen molar-refractivity contribution in [3.05, 3.63) is 17.5 Å². The van der Waals surface area contributed by atoms with Gasteiger partial charge in [0.05, 0.1) is 0 Å². The molecule has 0 aliphatic heterocycles. The molecule has 98 valence electrons. The number of ether oxygens (including phenoxy) is 1. The number of rotatable bonds is 1. The second-order valence-electron chi connectivity index (χ2n) is 4.30. The molecule has 0 spiro atoms. The molecule has 1 heterocycles. The molecular formula is C10H12ClN3O4. The number of aromatic nitrogens is 2. The van der Waals surface area contributed by atoms with Gasteiger partial charge in [-0.1, -0.05) is 11.6 Å². The normalized spacial score (nSPS) is 10.9. The van der Waals surface area contributed by atoms with E-state index in [-0.39, 0.29) is 11.0 Å². The van der Waals surface area contributed by atoms with Gasteiger partial charge in [-0.15, -0.1) is 0 Å². The highest BCUT2D eigenvalue weighted by Crippen LogP contribution is 2.18. The summed E-state index contributed by atoms with van der Waals surface area (Å²) in [5.41, 5.74) is -0.818. The molecule has 18 heavy (non-hydrogen) atoms. The van der Waals surface area contributed by atoms with E-state index in [2.05, 4.69) is 9.97 Å².